The highest BCUT2D eigenvalue weighted by atomic mass is 32.2. The number of rotatable bonds is 9. The van der Waals surface area contributed by atoms with Gasteiger partial charge in [0.05, 0.1) is 29.3 Å². The lowest BCUT2D eigenvalue weighted by Crippen LogP contribution is -2.31. The van der Waals surface area contributed by atoms with Crippen LogP contribution in [-0.2, 0) is 11.3 Å². The maximum Gasteiger partial charge on any atom is 0.262 e. The number of hydrogen-bond acceptors (Lipinski definition) is 6. The Bertz CT molecular complexity index is 1580. The van der Waals surface area contributed by atoms with Crippen LogP contribution in [0, 0.1) is 13.8 Å². The van der Waals surface area contributed by atoms with Crippen molar-refractivity contribution in [2.24, 2.45) is 0 Å². The molecule has 0 aliphatic carbocycles. The van der Waals surface area contributed by atoms with Crippen LogP contribution in [0.4, 0.5) is 0 Å². The third kappa shape index (κ3) is 6.29. The largest absolute Gasteiger partial charge is 0.376 e. The van der Waals surface area contributed by atoms with Gasteiger partial charge in [-0.05, 0) is 62.1 Å². The molecule has 1 saturated heterocycles. The summed E-state index contributed by atoms with van der Waals surface area (Å²) in [6.07, 6.45) is 1.97. The van der Waals surface area contributed by atoms with E-state index in [2.05, 4.69) is 5.32 Å². The fraction of sp³-hybridized carbons (Fsp3) is 0.290. The Balaban J connectivity index is 1.46. The third-order valence-electron chi connectivity index (χ3n) is 6.91. The molecule has 4 aromatic rings. The molecule has 1 fully saturated rings. The molecule has 1 aliphatic heterocycles. The number of aryl methyl sites for hydroxylation is 2. The quantitative estimate of drug-likeness (QED) is 0.183. The Hall–Kier alpha value is -3.75. The van der Waals surface area contributed by atoms with Crippen molar-refractivity contribution < 1.29 is 14.3 Å². The zero-order chi connectivity index (χ0) is 27.4. The van der Waals surface area contributed by atoms with E-state index in [1.165, 1.54) is 11.8 Å². The summed E-state index contributed by atoms with van der Waals surface area (Å²) in [6.45, 7) is 5.38. The number of ether oxygens (including phenoxy) is 1. The number of carbonyl (C=O) groups is 2. The van der Waals surface area contributed by atoms with Gasteiger partial charge in [-0.15, -0.1) is 0 Å². The van der Waals surface area contributed by atoms with Gasteiger partial charge in [0.1, 0.15) is 0 Å². The first-order valence-corrected chi connectivity index (χ1v) is 14.1. The number of aromatic nitrogens is 2. The first-order valence-electron chi connectivity index (χ1n) is 13.1. The molecular formula is C31H31N3O4S. The molecule has 200 valence electrons. The van der Waals surface area contributed by atoms with Gasteiger partial charge >= 0.3 is 0 Å². The first kappa shape index (κ1) is 26.8. The zero-order valence-corrected chi connectivity index (χ0v) is 22.9. The molecular weight excluding hydrogens is 510 g/mol. The number of amides is 1. The minimum absolute atomic E-state index is 0.0240. The number of carbonyl (C=O) groups excluding carboxylic acids is 2. The number of hydrogen-bond donors (Lipinski definition) is 1. The predicted octanol–water partition coefficient (Wildman–Crippen LogP) is 4.95. The number of Topliss-reactive ketones (excluding diaryl/α,β-unsaturated/α-hetero) is 1. The fourth-order valence-corrected chi connectivity index (χ4v) is 5.60. The van der Waals surface area contributed by atoms with Crippen molar-refractivity contribution in [3.8, 4) is 0 Å². The van der Waals surface area contributed by atoms with Gasteiger partial charge in [-0.1, -0.05) is 59.8 Å². The molecule has 3 aromatic carbocycles. The van der Waals surface area contributed by atoms with Crippen LogP contribution in [0.5, 0.6) is 0 Å². The number of thioether (sulfide) groups is 1. The predicted molar refractivity (Wildman–Crippen MR) is 154 cm³/mol. The van der Waals surface area contributed by atoms with Crippen molar-refractivity contribution in [2.45, 2.75) is 44.5 Å². The van der Waals surface area contributed by atoms with Crippen LogP contribution in [0.25, 0.3) is 10.9 Å². The van der Waals surface area contributed by atoms with Crippen LogP contribution in [-0.4, -0.2) is 46.2 Å². The molecule has 39 heavy (non-hydrogen) atoms. The zero-order valence-electron chi connectivity index (χ0n) is 22.1. The smallest absolute Gasteiger partial charge is 0.262 e. The van der Waals surface area contributed by atoms with Gasteiger partial charge in [0.2, 0.25) is 0 Å². The first-order chi connectivity index (χ1) is 18.9. The van der Waals surface area contributed by atoms with Gasteiger partial charge in [0, 0.05) is 24.3 Å². The fourth-order valence-electron chi connectivity index (χ4n) is 4.72. The molecule has 2 heterocycles. The van der Waals surface area contributed by atoms with E-state index in [9.17, 15) is 14.4 Å². The monoisotopic (exact) mass is 541 g/mol. The summed E-state index contributed by atoms with van der Waals surface area (Å²) >= 11 is 1.24. The van der Waals surface area contributed by atoms with Crippen LogP contribution in [0.15, 0.2) is 76.7 Å². The average Bonchev–Trinajstić information content (AvgIpc) is 3.47. The van der Waals surface area contributed by atoms with Gasteiger partial charge in [0.25, 0.3) is 11.5 Å². The molecule has 1 atom stereocenters. The summed E-state index contributed by atoms with van der Waals surface area (Å²) < 4.78 is 7.20. The van der Waals surface area contributed by atoms with Crippen molar-refractivity contribution in [1.29, 1.82) is 0 Å². The van der Waals surface area contributed by atoms with Gasteiger partial charge in [0.15, 0.2) is 10.9 Å². The Morgan fingerprint density at radius 2 is 1.90 bits per heavy atom. The van der Waals surface area contributed by atoms with E-state index in [4.69, 9.17) is 9.72 Å². The minimum atomic E-state index is -0.234. The molecule has 1 amide bonds. The van der Waals surface area contributed by atoms with Crippen molar-refractivity contribution in [3.63, 3.8) is 0 Å². The molecule has 0 radical (unpaired) electrons. The molecule has 0 bridgehead atoms. The van der Waals surface area contributed by atoms with Crippen molar-refractivity contribution in [3.05, 3.63) is 105 Å². The number of benzene rings is 3. The Morgan fingerprint density at radius 1 is 1.08 bits per heavy atom. The Morgan fingerprint density at radius 3 is 2.67 bits per heavy atom. The highest BCUT2D eigenvalue weighted by molar-refractivity contribution is 7.99. The molecule has 0 spiro atoms. The summed E-state index contributed by atoms with van der Waals surface area (Å²) in [7, 11) is 0. The highest BCUT2D eigenvalue weighted by Gasteiger charge is 2.19. The number of nitrogens with zero attached hydrogens (tertiary/aromatic N) is 2. The molecule has 7 nitrogen and oxygen atoms in total. The number of fused-ring (bicyclic) bond motifs is 1. The number of ketones is 1. The maximum atomic E-state index is 13.7. The maximum absolute atomic E-state index is 13.7. The molecule has 1 aliphatic rings. The second-order valence-corrected chi connectivity index (χ2v) is 10.8. The van der Waals surface area contributed by atoms with Gasteiger partial charge < -0.3 is 10.1 Å². The summed E-state index contributed by atoms with van der Waals surface area (Å²) in [5.74, 6) is -0.121. The Kier molecular flexibility index (Phi) is 8.24. The van der Waals surface area contributed by atoms with Gasteiger partial charge in [-0.25, -0.2) is 4.98 Å². The second-order valence-electron chi connectivity index (χ2n) is 9.88. The topological polar surface area (TPSA) is 90.3 Å². The van der Waals surface area contributed by atoms with Crippen LogP contribution in [0.3, 0.4) is 0 Å². The molecule has 1 N–H and O–H groups in total. The standard InChI is InChI=1S/C31H31N3O4S/c1-20-10-11-21(2)26(15-20)28(35)19-39-31-33-27-16-23(29(36)32-17-24-9-6-14-38-24)12-13-25(27)30(37)34(31)18-22-7-4-3-5-8-22/h3-5,7-8,10-13,15-16,24H,6,9,14,17-19H2,1-2H3,(H,32,36)/t24-/m0/s1. The normalized spacial score (nSPS) is 15.0. The molecule has 5 rings (SSSR count). The molecule has 8 heteroatoms. The summed E-state index contributed by atoms with van der Waals surface area (Å²) in [5, 5.41) is 3.78. The van der Waals surface area contributed by atoms with E-state index < -0.39 is 0 Å². The highest BCUT2D eigenvalue weighted by Crippen LogP contribution is 2.22. The average molecular weight is 542 g/mol. The van der Waals surface area contributed by atoms with Crippen molar-refractivity contribution >= 4 is 34.4 Å². The SMILES string of the molecule is Cc1ccc(C)c(C(=O)CSc2nc3cc(C(=O)NC[C@@H]4CCCO4)ccc3c(=O)n2Cc2ccccc2)c1. The van der Waals surface area contributed by atoms with Crippen LogP contribution in [0.1, 0.15) is 50.2 Å². The van der Waals surface area contributed by atoms with Crippen LogP contribution in [0.2, 0.25) is 0 Å². The van der Waals surface area contributed by atoms with E-state index in [1.807, 2.05) is 62.4 Å². The van der Waals surface area contributed by atoms with E-state index in [0.717, 1.165) is 36.1 Å². The molecule has 0 unspecified atom stereocenters. The van der Waals surface area contributed by atoms with Crippen LogP contribution < -0.4 is 10.9 Å². The Labute approximate surface area is 231 Å². The number of nitrogens with one attached hydrogen (secondary N) is 1. The van der Waals surface area contributed by atoms with Crippen molar-refractivity contribution in [2.75, 3.05) is 18.9 Å². The molecule has 1 aromatic heterocycles. The van der Waals surface area contributed by atoms with Gasteiger partial charge in [-0.3, -0.25) is 19.0 Å². The van der Waals surface area contributed by atoms with E-state index in [-0.39, 0.29) is 29.1 Å². The van der Waals surface area contributed by atoms with E-state index in [0.29, 0.717) is 40.3 Å². The third-order valence-corrected chi connectivity index (χ3v) is 7.88. The molecule has 0 saturated carbocycles. The lowest BCUT2D eigenvalue weighted by Gasteiger charge is -2.14. The van der Waals surface area contributed by atoms with Gasteiger partial charge in [-0.2, -0.15) is 0 Å². The van der Waals surface area contributed by atoms with E-state index in [1.54, 1.807) is 22.8 Å². The lowest BCUT2D eigenvalue weighted by atomic mass is 10.0. The second kappa shape index (κ2) is 12.0. The lowest BCUT2D eigenvalue weighted by molar-refractivity contribution is 0.0857. The summed E-state index contributed by atoms with van der Waals surface area (Å²) in [5.41, 5.74) is 4.20. The van der Waals surface area contributed by atoms with Crippen LogP contribution >= 0.6 is 11.8 Å². The van der Waals surface area contributed by atoms with E-state index >= 15 is 0 Å². The summed E-state index contributed by atoms with van der Waals surface area (Å²) in [6, 6.07) is 20.4. The minimum Gasteiger partial charge on any atom is -0.376 e. The summed E-state index contributed by atoms with van der Waals surface area (Å²) in [4.78, 5) is 44.4. The van der Waals surface area contributed by atoms with Crippen molar-refractivity contribution in [1.82, 2.24) is 14.9 Å².